The maximum atomic E-state index is 10.6. The van der Waals surface area contributed by atoms with Crippen molar-refractivity contribution in [3.63, 3.8) is 0 Å². The minimum atomic E-state index is -0.944. The molecular weight excluding hydrogens is 176 g/mol. The van der Waals surface area contributed by atoms with Gasteiger partial charge in [0.2, 0.25) is 0 Å². The molecule has 1 aromatic carbocycles. The second-order valence-electron chi connectivity index (χ2n) is 2.19. The van der Waals surface area contributed by atoms with Gasteiger partial charge in [-0.25, -0.2) is 4.79 Å². The van der Waals surface area contributed by atoms with Crippen molar-refractivity contribution >= 4 is 23.6 Å². The normalized spacial score (nSPS) is 10.4. The summed E-state index contributed by atoms with van der Waals surface area (Å²) in [5, 5.41) is 8.72. The number of carbonyl (C=O) groups is 1. The number of hydrogen-bond donors (Lipinski definition) is 1. The molecule has 1 aromatic rings. The maximum absolute atomic E-state index is 10.6. The van der Waals surface area contributed by atoms with Crippen LogP contribution < -0.4 is 0 Å². The molecule has 0 aromatic heterocycles. The first-order valence-electron chi connectivity index (χ1n) is 3.35. The molecule has 2 nitrogen and oxygen atoms in total. The Morgan fingerprint density at radius 1 is 1.42 bits per heavy atom. The summed E-state index contributed by atoms with van der Waals surface area (Å²) >= 11 is 5.34. The van der Waals surface area contributed by atoms with Gasteiger partial charge in [-0.05, 0) is 17.7 Å². The molecule has 0 aliphatic rings. The van der Waals surface area contributed by atoms with Gasteiger partial charge in [-0.15, -0.1) is 0 Å². The Bertz CT molecular complexity index is 318. The van der Waals surface area contributed by atoms with Gasteiger partial charge in [-0.3, -0.25) is 0 Å². The molecule has 0 heterocycles. The van der Waals surface area contributed by atoms with E-state index < -0.39 is 5.97 Å². The molecule has 0 bridgehead atoms. The predicted molar refractivity (Wildman–Crippen MR) is 48.3 cm³/mol. The van der Waals surface area contributed by atoms with E-state index in [0.29, 0.717) is 5.56 Å². The Morgan fingerprint density at radius 3 is 2.67 bits per heavy atom. The lowest BCUT2D eigenvalue weighted by Gasteiger charge is -1.98. The summed E-state index contributed by atoms with van der Waals surface area (Å²) in [4.78, 5) is 10.6. The highest BCUT2D eigenvalue weighted by Gasteiger charge is 2.05. The van der Waals surface area contributed by atoms with Crippen LogP contribution in [0.2, 0.25) is 0 Å². The first-order chi connectivity index (χ1) is 5.75. The molecule has 12 heavy (non-hydrogen) atoms. The number of halogens is 1. The smallest absolute Gasteiger partial charge is 0.336 e. The van der Waals surface area contributed by atoms with Crippen LogP contribution >= 0.6 is 11.6 Å². The Balaban J connectivity index is 3.17. The van der Waals surface area contributed by atoms with E-state index in [2.05, 4.69) is 0 Å². The van der Waals surface area contributed by atoms with Crippen LogP contribution in [0.15, 0.2) is 29.8 Å². The Labute approximate surface area is 75.1 Å². The van der Waals surface area contributed by atoms with Gasteiger partial charge in [-0.2, -0.15) is 0 Å². The van der Waals surface area contributed by atoms with Crippen LogP contribution in [0, 0.1) is 0 Å². The van der Waals surface area contributed by atoms with Crippen LogP contribution in [-0.4, -0.2) is 11.1 Å². The standard InChI is InChI=1S/C9H7ClO2/c10-6-5-7-3-1-2-4-8(7)9(11)12/h1-6H,(H,11,12). The van der Waals surface area contributed by atoms with Gasteiger partial charge in [-0.1, -0.05) is 29.8 Å². The van der Waals surface area contributed by atoms with Gasteiger partial charge < -0.3 is 5.11 Å². The summed E-state index contributed by atoms with van der Waals surface area (Å²) < 4.78 is 0. The molecule has 0 unspecified atom stereocenters. The molecule has 0 atom stereocenters. The second-order valence-corrected chi connectivity index (χ2v) is 2.44. The van der Waals surface area contributed by atoms with Crippen molar-refractivity contribution in [3.8, 4) is 0 Å². The predicted octanol–water partition coefficient (Wildman–Crippen LogP) is 2.59. The quantitative estimate of drug-likeness (QED) is 0.764. The largest absolute Gasteiger partial charge is 0.478 e. The first kappa shape index (κ1) is 8.81. The van der Waals surface area contributed by atoms with Crippen molar-refractivity contribution in [3.05, 3.63) is 40.9 Å². The number of aromatic carboxylic acids is 1. The van der Waals surface area contributed by atoms with Crippen molar-refractivity contribution in [1.82, 2.24) is 0 Å². The fraction of sp³-hybridized carbons (Fsp3) is 0. The molecule has 0 fully saturated rings. The molecule has 3 heteroatoms. The van der Waals surface area contributed by atoms with Crippen LogP contribution in [-0.2, 0) is 0 Å². The van der Waals surface area contributed by atoms with Gasteiger partial charge in [0.1, 0.15) is 0 Å². The molecule has 0 aliphatic carbocycles. The van der Waals surface area contributed by atoms with Crippen LogP contribution in [0.3, 0.4) is 0 Å². The first-order valence-corrected chi connectivity index (χ1v) is 3.78. The second kappa shape index (κ2) is 3.93. The molecule has 62 valence electrons. The minimum absolute atomic E-state index is 0.259. The molecule has 0 aliphatic heterocycles. The third kappa shape index (κ3) is 1.86. The lowest BCUT2D eigenvalue weighted by atomic mass is 10.1. The number of carboxylic acids is 1. The van der Waals surface area contributed by atoms with E-state index >= 15 is 0 Å². The maximum Gasteiger partial charge on any atom is 0.336 e. The molecule has 1 N–H and O–H groups in total. The van der Waals surface area contributed by atoms with Crippen molar-refractivity contribution < 1.29 is 9.90 Å². The third-order valence-electron chi connectivity index (χ3n) is 1.43. The Morgan fingerprint density at radius 2 is 2.08 bits per heavy atom. The van der Waals surface area contributed by atoms with Crippen molar-refractivity contribution in [2.45, 2.75) is 0 Å². The van der Waals surface area contributed by atoms with E-state index in [1.807, 2.05) is 0 Å². The summed E-state index contributed by atoms with van der Waals surface area (Å²) in [6.45, 7) is 0. The van der Waals surface area contributed by atoms with Crippen LogP contribution in [0.5, 0.6) is 0 Å². The average molecular weight is 183 g/mol. The van der Waals surface area contributed by atoms with Crippen molar-refractivity contribution in [1.29, 1.82) is 0 Å². The topological polar surface area (TPSA) is 37.3 Å². The summed E-state index contributed by atoms with van der Waals surface area (Å²) in [5.41, 5.74) is 2.16. The molecular formula is C9H7ClO2. The number of benzene rings is 1. The van der Waals surface area contributed by atoms with Crippen LogP contribution in [0.4, 0.5) is 0 Å². The lowest BCUT2D eigenvalue weighted by Crippen LogP contribution is -1.98. The molecule has 0 saturated carbocycles. The monoisotopic (exact) mass is 182 g/mol. The van der Waals surface area contributed by atoms with Gasteiger partial charge >= 0.3 is 5.97 Å². The van der Waals surface area contributed by atoms with Crippen LogP contribution in [0.1, 0.15) is 15.9 Å². The van der Waals surface area contributed by atoms with Gasteiger partial charge in [0.15, 0.2) is 0 Å². The van der Waals surface area contributed by atoms with E-state index in [9.17, 15) is 4.79 Å². The minimum Gasteiger partial charge on any atom is -0.478 e. The molecule has 0 amide bonds. The molecule has 1 rings (SSSR count). The molecule has 0 saturated heterocycles. The fourth-order valence-electron chi connectivity index (χ4n) is 0.905. The number of carboxylic acid groups (broad SMARTS) is 1. The van der Waals surface area contributed by atoms with E-state index in [4.69, 9.17) is 16.7 Å². The lowest BCUT2D eigenvalue weighted by molar-refractivity contribution is 0.0696. The summed E-state index contributed by atoms with van der Waals surface area (Å²) in [7, 11) is 0. The van der Waals surface area contributed by atoms with E-state index in [-0.39, 0.29) is 5.56 Å². The van der Waals surface area contributed by atoms with Gasteiger partial charge in [0, 0.05) is 5.54 Å². The Kier molecular flexibility index (Phi) is 2.88. The van der Waals surface area contributed by atoms with Crippen molar-refractivity contribution in [2.24, 2.45) is 0 Å². The van der Waals surface area contributed by atoms with Crippen molar-refractivity contribution in [2.75, 3.05) is 0 Å². The van der Waals surface area contributed by atoms with E-state index in [1.165, 1.54) is 11.6 Å². The van der Waals surface area contributed by atoms with Gasteiger partial charge in [0.25, 0.3) is 0 Å². The van der Waals surface area contributed by atoms with E-state index in [0.717, 1.165) is 0 Å². The highest BCUT2D eigenvalue weighted by atomic mass is 35.5. The number of rotatable bonds is 2. The highest BCUT2D eigenvalue weighted by molar-refractivity contribution is 6.27. The summed E-state index contributed by atoms with van der Waals surface area (Å²) in [6.07, 6.45) is 1.55. The highest BCUT2D eigenvalue weighted by Crippen LogP contribution is 2.10. The zero-order chi connectivity index (χ0) is 8.97. The zero-order valence-corrected chi connectivity index (χ0v) is 6.95. The fourth-order valence-corrected chi connectivity index (χ4v) is 1.04. The SMILES string of the molecule is O=C(O)c1ccccc1C=CCl. The Hall–Kier alpha value is -1.28. The summed E-state index contributed by atoms with van der Waals surface area (Å²) in [6, 6.07) is 6.67. The van der Waals surface area contributed by atoms with E-state index in [1.54, 1.807) is 24.3 Å². The molecule has 0 spiro atoms. The average Bonchev–Trinajstić information content (AvgIpc) is 2.05. The van der Waals surface area contributed by atoms with Gasteiger partial charge in [0.05, 0.1) is 5.56 Å². The van der Waals surface area contributed by atoms with Crippen LogP contribution in [0.25, 0.3) is 6.08 Å². The summed E-state index contributed by atoms with van der Waals surface area (Å²) in [5.74, 6) is -0.944. The number of hydrogen-bond acceptors (Lipinski definition) is 1. The third-order valence-corrected chi connectivity index (χ3v) is 1.56. The molecule has 0 radical (unpaired) electrons. The zero-order valence-electron chi connectivity index (χ0n) is 6.20.